The van der Waals surface area contributed by atoms with Gasteiger partial charge >= 0.3 is 0 Å². The number of carbonyl (C=O) groups excluding carboxylic acids is 2. The summed E-state index contributed by atoms with van der Waals surface area (Å²) in [6.45, 7) is 1.55. The van der Waals surface area contributed by atoms with Crippen LogP contribution in [0.15, 0.2) is 18.2 Å². The quantitative estimate of drug-likeness (QED) is 0.867. The zero-order valence-corrected chi connectivity index (χ0v) is 12.1. The molecule has 1 heterocycles. The molecule has 1 aliphatic heterocycles. The molecule has 1 aromatic carbocycles. The molecule has 0 bridgehead atoms. The van der Waals surface area contributed by atoms with Crippen LogP contribution in [0.1, 0.15) is 23.2 Å². The van der Waals surface area contributed by atoms with Crippen LogP contribution in [0.25, 0.3) is 0 Å². The first kappa shape index (κ1) is 16.4. The Kier molecular flexibility index (Phi) is 5.43. The molecule has 2 amide bonds. The largest absolute Gasteiger partial charge is 0.355 e. The molecule has 0 aliphatic carbocycles. The fourth-order valence-corrected chi connectivity index (χ4v) is 2.52. The zero-order chi connectivity index (χ0) is 16.1. The number of benzene rings is 1. The van der Waals surface area contributed by atoms with Crippen molar-refractivity contribution in [1.29, 1.82) is 0 Å². The van der Waals surface area contributed by atoms with Gasteiger partial charge in [0.05, 0.1) is 5.56 Å². The van der Waals surface area contributed by atoms with Gasteiger partial charge in [-0.25, -0.2) is 8.78 Å². The lowest BCUT2D eigenvalue weighted by atomic mass is 9.95. The van der Waals surface area contributed by atoms with Gasteiger partial charge in [0.15, 0.2) is 0 Å². The van der Waals surface area contributed by atoms with Gasteiger partial charge < -0.3 is 16.0 Å². The molecule has 0 unspecified atom stereocenters. The van der Waals surface area contributed by atoms with E-state index in [2.05, 4.69) is 5.32 Å². The Labute approximate surface area is 127 Å². The number of nitrogens with zero attached hydrogens (tertiary/aromatic N) is 1. The number of hydrogen-bond acceptors (Lipinski definition) is 3. The van der Waals surface area contributed by atoms with Crippen LogP contribution >= 0.6 is 0 Å². The first-order valence-corrected chi connectivity index (χ1v) is 7.25. The summed E-state index contributed by atoms with van der Waals surface area (Å²) in [5, 5.41) is 2.72. The molecule has 120 valence electrons. The lowest BCUT2D eigenvalue weighted by molar-refractivity contribution is -0.126. The maximum atomic E-state index is 13.6. The average Bonchev–Trinajstić information content (AvgIpc) is 2.52. The van der Waals surface area contributed by atoms with Crippen molar-refractivity contribution in [3.05, 3.63) is 35.4 Å². The molecular formula is C15H19F2N3O2. The summed E-state index contributed by atoms with van der Waals surface area (Å²) in [5.41, 5.74) is 5.18. The number of likely N-dealkylation sites (tertiary alicyclic amines) is 1. The monoisotopic (exact) mass is 311 g/mol. The van der Waals surface area contributed by atoms with Crippen molar-refractivity contribution in [3.63, 3.8) is 0 Å². The van der Waals surface area contributed by atoms with Gasteiger partial charge in [0, 0.05) is 38.2 Å². The summed E-state index contributed by atoms with van der Waals surface area (Å²) >= 11 is 0. The molecule has 0 aromatic heterocycles. The van der Waals surface area contributed by atoms with Crippen LogP contribution in [0.3, 0.4) is 0 Å². The van der Waals surface area contributed by atoms with Gasteiger partial charge in [0.2, 0.25) is 5.91 Å². The molecule has 0 atom stereocenters. The van der Waals surface area contributed by atoms with Crippen LogP contribution in [0, 0.1) is 17.6 Å². The molecule has 5 nitrogen and oxygen atoms in total. The number of piperidine rings is 1. The highest BCUT2D eigenvalue weighted by Crippen LogP contribution is 2.20. The maximum Gasteiger partial charge on any atom is 0.256 e. The second kappa shape index (κ2) is 7.31. The molecule has 22 heavy (non-hydrogen) atoms. The smallest absolute Gasteiger partial charge is 0.256 e. The van der Waals surface area contributed by atoms with Crippen LogP contribution in [0.2, 0.25) is 0 Å². The molecule has 0 spiro atoms. The molecule has 0 saturated carbocycles. The molecule has 1 aliphatic rings. The standard InChI is InChI=1S/C15H19F2N3O2/c16-11-1-2-12(13(17)9-11)15(22)20-7-3-10(4-8-20)14(21)19-6-5-18/h1-2,9-10H,3-8,18H2,(H,19,21). The summed E-state index contributed by atoms with van der Waals surface area (Å²) in [4.78, 5) is 25.5. The summed E-state index contributed by atoms with van der Waals surface area (Å²) in [7, 11) is 0. The second-order valence-corrected chi connectivity index (χ2v) is 5.27. The third-order valence-corrected chi connectivity index (χ3v) is 3.76. The van der Waals surface area contributed by atoms with E-state index >= 15 is 0 Å². The van der Waals surface area contributed by atoms with Crippen molar-refractivity contribution in [3.8, 4) is 0 Å². The Balaban J connectivity index is 1.93. The predicted molar refractivity (Wildman–Crippen MR) is 77.0 cm³/mol. The lowest BCUT2D eigenvalue weighted by Gasteiger charge is -2.31. The van der Waals surface area contributed by atoms with Crippen molar-refractivity contribution in [1.82, 2.24) is 10.2 Å². The van der Waals surface area contributed by atoms with Crippen LogP contribution in [0.5, 0.6) is 0 Å². The van der Waals surface area contributed by atoms with Crippen LogP contribution in [-0.4, -0.2) is 42.9 Å². The van der Waals surface area contributed by atoms with E-state index in [-0.39, 0.29) is 17.4 Å². The van der Waals surface area contributed by atoms with E-state index in [9.17, 15) is 18.4 Å². The van der Waals surface area contributed by atoms with Gasteiger partial charge in [-0.05, 0) is 25.0 Å². The molecule has 3 N–H and O–H groups in total. The maximum absolute atomic E-state index is 13.6. The molecule has 1 aromatic rings. The average molecular weight is 311 g/mol. The van der Waals surface area contributed by atoms with Crippen LogP contribution < -0.4 is 11.1 Å². The molecule has 0 radical (unpaired) electrons. The number of hydrogen-bond donors (Lipinski definition) is 2. The Morgan fingerprint density at radius 1 is 1.27 bits per heavy atom. The Morgan fingerprint density at radius 3 is 2.55 bits per heavy atom. The summed E-state index contributed by atoms with van der Waals surface area (Å²) in [6.07, 6.45) is 1.04. The molecule has 7 heteroatoms. The Bertz CT molecular complexity index is 558. The Hall–Kier alpha value is -2.02. The topological polar surface area (TPSA) is 75.4 Å². The minimum Gasteiger partial charge on any atom is -0.355 e. The molecule has 1 saturated heterocycles. The first-order chi connectivity index (χ1) is 10.5. The highest BCUT2D eigenvalue weighted by atomic mass is 19.1. The lowest BCUT2D eigenvalue weighted by Crippen LogP contribution is -2.44. The van der Waals surface area contributed by atoms with Gasteiger partial charge in [-0.2, -0.15) is 0 Å². The molecular weight excluding hydrogens is 292 g/mol. The van der Waals surface area contributed by atoms with E-state index in [0.717, 1.165) is 12.1 Å². The van der Waals surface area contributed by atoms with Crippen molar-refractivity contribution in [2.24, 2.45) is 11.7 Å². The van der Waals surface area contributed by atoms with E-state index < -0.39 is 17.5 Å². The number of carbonyl (C=O) groups is 2. The summed E-state index contributed by atoms with van der Waals surface area (Å²) in [6, 6.07) is 2.90. The minimum atomic E-state index is -0.868. The SMILES string of the molecule is NCCNC(=O)C1CCN(C(=O)c2ccc(F)cc2F)CC1. The highest BCUT2D eigenvalue weighted by Gasteiger charge is 2.28. The van der Waals surface area contributed by atoms with E-state index in [1.807, 2.05) is 0 Å². The number of halogens is 2. The first-order valence-electron chi connectivity index (χ1n) is 7.25. The second-order valence-electron chi connectivity index (χ2n) is 5.27. The third kappa shape index (κ3) is 3.79. The van der Waals surface area contributed by atoms with E-state index in [0.29, 0.717) is 45.1 Å². The van der Waals surface area contributed by atoms with Gasteiger partial charge in [-0.1, -0.05) is 0 Å². The van der Waals surface area contributed by atoms with E-state index in [1.165, 1.54) is 4.90 Å². The van der Waals surface area contributed by atoms with E-state index in [4.69, 9.17) is 5.73 Å². The summed E-state index contributed by atoms with van der Waals surface area (Å²) < 4.78 is 26.5. The normalized spacial score (nSPS) is 15.7. The van der Waals surface area contributed by atoms with Crippen LogP contribution in [-0.2, 0) is 4.79 Å². The highest BCUT2D eigenvalue weighted by molar-refractivity contribution is 5.94. The fraction of sp³-hybridized carbons (Fsp3) is 0.467. The Morgan fingerprint density at radius 2 is 1.95 bits per heavy atom. The number of nitrogens with one attached hydrogen (secondary N) is 1. The predicted octanol–water partition coefficient (Wildman–Crippen LogP) is 0.892. The van der Waals surface area contributed by atoms with Crippen molar-refractivity contribution in [2.45, 2.75) is 12.8 Å². The van der Waals surface area contributed by atoms with E-state index in [1.54, 1.807) is 0 Å². The van der Waals surface area contributed by atoms with Crippen molar-refractivity contribution < 1.29 is 18.4 Å². The number of rotatable bonds is 4. The minimum absolute atomic E-state index is 0.0643. The van der Waals surface area contributed by atoms with Crippen LogP contribution in [0.4, 0.5) is 8.78 Å². The van der Waals surface area contributed by atoms with Crippen molar-refractivity contribution >= 4 is 11.8 Å². The third-order valence-electron chi connectivity index (χ3n) is 3.76. The summed E-state index contributed by atoms with van der Waals surface area (Å²) in [5.74, 6) is -2.28. The van der Waals surface area contributed by atoms with Gasteiger partial charge in [-0.15, -0.1) is 0 Å². The molecule has 2 rings (SSSR count). The number of nitrogens with two attached hydrogens (primary N) is 1. The van der Waals surface area contributed by atoms with Gasteiger partial charge in [0.1, 0.15) is 11.6 Å². The van der Waals surface area contributed by atoms with Crippen molar-refractivity contribution in [2.75, 3.05) is 26.2 Å². The number of amides is 2. The van der Waals surface area contributed by atoms with Gasteiger partial charge in [0.25, 0.3) is 5.91 Å². The molecule has 1 fully saturated rings. The zero-order valence-electron chi connectivity index (χ0n) is 12.1. The van der Waals surface area contributed by atoms with Gasteiger partial charge in [-0.3, -0.25) is 9.59 Å². The fourth-order valence-electron chi connectivity index (χ4n) is 2.52.